The molecule has 7 nitrogen and oxygen atoms in total. The van der Waals surface area contributed by atoms with Gasteiger partial charge in [0.05, 0.1) is 11.1 Å². The van der Waals surface area contributed by atoms with Crippen molar-refractivity contribution >= 4 is 34.5 Å². The number of amides is 2. The van der Waals surface area contributed by atoms with Gasteiger partial charge < -0.3 is 16.2 Å². The third kappa shape index (κ3) is 1.68. The number of ether oxygens (including phenoxy) is 1. The molecule has 1 aliphatic rings. The van der Waals surface area contributed by atoms with Gasteiger partial charge in [0.1, 0.15) is 0 Å². The van der Waals surface area contributed by atoms with Crippen LogP contribution in [0.1, 0.15) is 41.4 Å². The van der Waals surface area contributed by atoms with E-state index in [4.69, 9.17) is 11.5 Å². The van der Waals surface area contributed by atoms with E-state index in [1.54, 1.807) is 0 Å². The average Bonchev–Trinajstić information content (AvgIpc) is 2.43. The molecule has 3 rings (SSSR count). The third-order valence-electron chi connectivity index (χ3n) is 3.32. The molecule has 1 heterocycles. The van der Waals surface area contributed by atoms with Crippen molar-refractivity contribution in [2.75, 3.05) is 0 Å². The van der Waals surface area contributed by atoms with Gasteiger partial charge in [-0.05, 0) is 24.3 Å². The van der Waals surface area contributed by atoms with Gasteiger partial charge in [-0.15, -0.1) is 0 Å². The summed E-state index contributed by atoms with van der Waals surface area (Å²) in [5, 5.41) is 0.249. The SMILES string of the molecule is NC(=O)c1ccc2c3c(ccc(C(N)=O)c13)C(=O)OC2=O. The topological polar surface area (TPSA) is 130 Å². The van der Waals surface area contributed by atoms with E-state index in [1.165, 1.54) is 24.3 Å². The maximum absolute atomic E-state index is 11.8. The highest BCUT2D eigenvalue weighted by atomic mass is 16.6. The van der Waals surface area contributed by atoms with Crippen LogP contribution in [-0.4, -0.2) is 23.8 Å². The summed E-state index contributed by atoms with van der Waals surface area (Å²) in [6.45, 7) is 0. The fourth-order valence-corrected chi connectivity index (χ4v) is 2.44. The Morgan fingerprint density at radius 2 is 1.19 bits per heavy atom. The molecule has 0 radical (unpaired) electrons. The molecule has 2 aromatic carbocycles. The normalized spacial score (nSPS) is 13.1. The van der Waals surface area contributed by atoms with Crippen molar-refractivity contribution < 1.29 is 23.9 Å². The van der Waals surface area contributed by atoms with Crippen LogP contribution in [0, 0.1) is 0 Å². The minimum atomic E-state index is -0.852. The number of esters is 2. The van der Waals surface area contributed by atoms with Crippen LogP contribution >= 0.6 is 0 Å². The van der Waals surface area contributed by atoms with Crippen molar-refractivity contribution in [3.63, 3.8) is 0 Å². The second-order valence-corrected chi connectivity index (χ2v) is 4.48. The monoisotopic (exact) mass is 284 g/mol. The van der Waals surface area contributed by atoms with E-state index < -0.39 is 23.8 Å². The Morgan fingerprint density at radius 3 is 1.57 bits per heavy atom. The standard InChI is InChI=1S/C14H8N2O5/c15-11(17)5-1-3-7-10-8(14(20)21-13(7)19)4-2-6(9(5)10)12(16)18/h1-4H,(H2,15,17)(H2,16,18). The molecule has 7 heteroatoms. The average molecular weight is 284 g/mol. The van der Waals surface area contributed by atoms with Crippen LogP contribution in [-0.2, 0) is 4.74 Å². The predicted molar refractivity (Wildman–Crippen MR) is 70.7 cm³/mol. The molecule has 0 saturated carbocycles. The molecule has 0 spiro atoms. The fraction of sp³-hybridized carbons (Fsp3) is 0. The molecule has 0 unspecified atom stereocenters. The summed E-state index contributed by atoms with van der Waals surface area (Å²) in [6.07, 6.45) is 0. The van der Waals surface area contributed by atoms with Gasteiger partial charge in [-0.3, -0.25) is 9.59 Å². The maximum Gasteiger partial charge on any atom is 0.346 e. The van der Waals surface area contributed by atoms with Crippen LogP contribution in [0.5, 0.6) is 0 Å². The van der Waals surface area contributed by atoms with E-state index in [0.717, 1.165) is 0 Å². The molecule has 4 N–H and O–H groups in total. The molecular weight excluding hydrogens is 276 g/mol. The Hall–Kier alpha value is -3.22. The number of carbonyl (C=O) groups is 4. The minimum absolute atomic E-state index is 0.00639. The van der Waals surface area contributed by atoms with E-state index in [9.17, 15) is 19.2 Å². The zero-order chi connectivity index (χ0) is 15.3. The van der Waals surface area contributed by atoms with Crippen molar-refractivity contribution in [1.82, 2.24) is 0 Å². The lowest BCUT2D eigenvalue weighted by Gasteiger charge is -2.18. The van der Waals surface area contributed by atoms with E-state index in [0.29, 0.717) is 0 Å². The summed E-state index contributed by atoms with van der Waals surface area (Å²) in [5.74, 6) is -3.30. The second kappa shape index (κ2) is 4.14. The van der Waals surface area contributed by atoms with Crippen LogP contribution in [0.3, 0.4) is 0 Å². The van der Waals surface area contributed by atoms with Crippen LogP contribution in [0.2, 0.25) is 0 Å². The van der Waals surface area contributed by atoms with Crippen molar-refractivity contribution in [2.45, 2.75) is 0 Å². The molecule has 0 saturated heterocycles. The molecule has 0 aliphatic carbocycles. The highest BCUT2D eigenvalue weighted by Gasteiger charge is 2.30. The molecular formula is C14H8N2O5. The molecule has 2 amide bonds. The lowest BCUT2D eigenvalue weighted by Crippen LogP contribution is -2.23. The first-order valence-corrected chi connectivity index (χ1v) is 5.87. The molecule has 1 aliphatic heterocycles. The molecule has 0 fully saturated rings. The van der Waals surface area contributed by atoms with Gasteiger partial charge in [0.15, 0.2) is 0 Å². The Balaban J connectivity index is 2.60. The smallest absolute Gasteiger partial charge is 0.346 e. The van der Waals surface area contributed by atoms with E-state index in [1.807, 2.05) is 0 Å². The third-order valence-corrected chi connectivity index (χ3v) is 3.32. The van der Waals surface area contributed by atoms with Crippen molar-refractivity contribution in [1.29, 1.82) is 0 Å². The van der Waals surface area contributed by atoms with Gasteiger partial charge in [0.25, 0.3) is 0 Å². The van der Waals surface area contributed by atoms with Crippen LogP contribution in [0.15, 0.2) is 24.3 Å². The van der Waals surface area contributed by atoms with Gasteiger partial charge in [-0.2, -0.15) is 0 Å². The summed E-state index contributed by atoms with van der Waals surface area (Å²) >= 11 is 0. The fourth-order valence-electron chi connectivity index (χ4n) is 2.44. The summed E-state index contributed by atoms with van der Waals surface area (Å²) in [7, 11) is 0. The Kier molecular flexibility index (Phi) is 2.52. The van der Waals surface area contributed by atoms with Crippen molar-refractivity contribution in [2.24, 2.45) is 11.5 Å². The molecule has 104 valence electrons. The number of rotatable bonds is 2. The maximum atomic E-state index is 11.8. The Labute approximate surface area is 117 Å². The van der Waals surface area contributed by atoms with Gasteiger partial charge in [-0.1, -0.05) is 0 Å². The summed E-state index contributed by atoms with van der Waals surface area (Å²) in [5.41, 5.74) is 10.7. The van der Waals surface area contributed by atoms with Gasteiger partial charge in [-0.25, -0.2) is 9.59 Å². The Morgan fingerprint density at radius 1 is 0.762 bits per heavy atom. The highest BCUT2D eigenvalue weighted by Crippen LogP contribution is 2.33. The number of primary amides is 2. The zero-order valence-electron chi connectivity index (χ0n) is 10.5. The number of hydrogen-bond acceptors (Lipinski definition) is 5. The molecule has 2 aromatic rings. The molecule has 0 atom stereocenters. The van der Waals surface area contributed by atoms with Gasteiger partial charge in [0.2, 0.25) is 11.8 Å². The number of benzene rings is 2. The van der Waals surface area contributed by atoms with Gasteiger partial charge in [0, 0.05) is 21.9 Å². The van der Waals surface area contributed by atoms with Gasteiger partial charge >= 0.3 is 11.9 Å². The summed E-state index contributed by atoms with van der Waals surface area (Å²) < 4.78 is 4.59. The van der Waals surface area contributed by atoms with Crippen molar-refractivity contribution in [3.8, 4) is 0 Å². The number of hydrogen-bond donors (Lipinski definition) is 2. The first-order chi connectivity index (χ1) is 9.91. The van der Waals surface area contributed by atoms with E-state index in [2.05, 4.69) is 4.74 Å². The summed E-state index contributed by atoms with van der Waals surface area (Å²) in [6, 6.07) is 5.25. The van der Waals surface area contributed by atoms with Crippen LogP contribution in [0.25, 0.3) is 10.8 Å². The molecule has 0 bridgehead atoms. The quantitative estimate of drug-likeness (QED) is 0.607. The highest BCUT2D eigenvalue weighted by molar-refractivity contribution is 6.26. The lowest BCUT2D eigenvalue weighted by atomic mass is 9.90. The first-order valence-electron chi connectivity index (χ1n) is 5.87. The van der Waals surface area contributed by atoms with E-state index in [-0.39, 0.29) is 33.0 Å². The van der Waals surface area contributed by atoms with E-state index >= 15 is 0 Å². The van der Waals surface area contributed by atoms with Crippen LogP contribution < -0.4 is 11.5 Å². The first kappa shape index (κ1) is 12.8. The van der Waals surface area contributed by atoms with Crippen molar-refractivity contribution in [3.05, 3.63) is 46.5 Å². The zero-order valence-corrected chi connectivity index (χ0v) is 10.5. The minimum Gasteiger partial charge on any atom is -0.386 e. The summed E-state index contributed by atoms with van der Waals surface area (Å²) in [4.78, 5) is 46.6. The number of cyclic esters (lactones) is 2. The number of nitrogens with two attached hydrogens (primary N) is 2. The predicted octanol–water partition coefficient (Wildman–Crippen LogP) is 0.348. The molecule has 21 heavy (non-hydrogen) atoms. The number of carbonyl (C=O) groups excluding carboxylic acids is 4. The lowest BCUT2D eigenvalue weighted by molar-refractivity contribution is 0.0390. The molecule has 0 aromatic heterocycles. The second-order valence-electron chi connectivity index (χ2n) is 4.48. The largest absolute Gasteiger partial charge is 0.386 e. The Bertz CT molecular complexity index is 803. The van der Waals surface area contributed by atoms with Crippen LogP contribution in [0.4, 0.5) is 0 Å².